The number of anilines is 1. The minimum Gasteiger partial charge on any atom is -0.366 e. The second kappa shape index (κ2) is 10.2. The van der Waals surface area contributed by atoms with E-state index in [4.69, 9.17) is 10.7 Å². The third-order valence-electron chi connectivity index (χ3n) is 6.53. The summed E-state index contributed by atoms with van der Waals surface area (Å²) in [6.45, 7) is 8.66. The Hall–Kier alpha value is -3.14. The van der Waals surface area contributed by atoms with Crippen LogP contribution in [0, 0.1) is 12.8 Å². The van der Waals surface area contributed by atoms with Crippen LogP contribution in [0.25, 0.3) is 22.3 Å². The van der Waals surface area contributed by atoms with Crippen molar-refractivity contribution in [3.05, 3.63) is 71.4 Å². The highest BCUT2D eigenvalue weighted by Crippen LogP contribution is 2.38. The summed E-state index contributed by atoms with van der Waals surface area (Å²) in [5.41, 5.74) is 12.7. The van der Waals surface area contributed by atoms with E-state index in [2.05, 4.69) is 62.1 Å². The SMILES string of the molecule is Cc1ccc(C(N)=O)c(-c2ccc(N3CCCCCC3)nc2)c1-c1ccc(CC(C)C)cc1. The maximum atomic E-state index is 12.4. The largest absolute Gasteiger partial charge is 0.366 e. The van der Waals surface area contributed by atoms with E-state index in [1.54, 1.807) is 0 Å². The molecule has 2 aromatic carbocycles. The summed E-state index contributed by atoms with van der Waals surface area (Å²) in [6, 6.07) is 16.7. The molecule has 2 heterocycles. The number of pyridine rings is 1. The molecule has 4 rings (SSSR count). The van der Waals surface area contributed by atoms with Crippen molar-refractivity contribution in [2.24, 2.45) is 11.7 Å². The molecule has 3 aromatic rings. The highest BCUT2D eigenvalue weighted by atomic mass is 16.1. The molecule has 1 saturated heterocycles. The standard InChI is InChI=1S/C29H35N3O/c1-20(2)18-22-9-11-23(12-10-22)27-21(3)8-14-25(29(30)33)28(27)24-13-15-26(31-19-24)32-16-6-4-5-7-17-32/h8-15,19-20H,4-7,16-18H2,1-3H3,(H2,30,33). The van der Waals surface area contributed by atoms with Gasteiger partial charge < -0.3 is 10.6 Å². The number of aromatic nitrogens is 1. The number of carbonyl (C=O) groups excluding carboxylic acids is 1. The minimum absolute atomic E-state index is 0.417. The lowest BCUT2D eigenvalue weighted by Crippen LogP contribution is -2.24. The molecule has 0 unspecified atom stereocenters. The lowest BCUT2D eigenvalue weighted by atomic mass is 9.87. The molecule has 1 fully saturated rings. The average molecular weight is 442 g/mol. The summed E-state index contributed by atoms with van der Waals surface area (Å²) in [6.07, 6.45) is 7.96. The van der Waals surface area contributed by atoms with Crippen LogP contribution >= 0.6 is 0 Å². The Balaban J connectivity index is 1.77. The smallest absolute Gasteiger partial charge is 0.249 e. The maximum absolute atomic E-state index is 12.4. The molecule has 0 aliphatic carbocycles. The van der Waals surface area contributed by atoms with Crippen LogP contribution < -0.4 is 10.6 Å². The van der Waals surface area contributed by atoms with Crippen molar-refractivity contribution in [1.82, 2.24) is 4.98 Å². The van der Waals surface area contributed by atoms with Crippen LogP contribution in [0.3, 0.4) is 0 Å². The first-order valence-electron chi connectivity index (χ1n) is 12.2. The van der Waals surface area contributed by atoms with E-state index < -0.39 is 5.91 Å². The third kappa shape index (κ3) is 5.27. The van der Waals surface area contributed by atoms with Gasteiger partial charge in [-0.05, 0) is 72.6 Å². The normalized spacial score (nSPS) is 14.4. The fourth-order valence-corrected chi connectivity index (χ4v) is 4.88. The quantitative estimate of drug-likeness (QED) is 0.481. The monoisotopic (exact) mass is 441 g/mol. The van der Waals surface area contributed by atoms with Crippen LogP contribution in [0.15, 0.2) is 54.7 Å². The van der Waals surface area contributed by atoms with Crippen LogP contribution in [0.2, 0.25) is 0 Å². The Morgan fingerprint density at radius 1 is 0.909 bits per heavy atom. The van der Waals surface area contributed by atoms with Crippen LogP contribution in [0.1, 0.15) is 61.0 Å². The van der Waals surface area contributed by atoms with E-state index in [0.717, 1.165) is 53.1 Å². The molecule has 2 N–H and O–H groups in total. The molecule has 172 valence electrons. The predicted octanol–water partition coefficient (Wildman–Crippen LogP) is 6.40. The molecule has 33 heavy (non-hydrogen) atoms. The van der Waals surface area contributed by atoms with E-state index in [0.29, 0.717) is 11.5 Å². The Bertz CT molecular complexity index is 1090. The zero-order valence-electron chi connectivity index (χ0n) is 20.1. The molecule has 1 amide bonds. The number of hydrogen-bond acceptors (Lipinski definition) is 3. The van der Waals surface area contributed by atoms with E-state index in [-0.39, 0.29) is 0 Å². The Labute approximate surface area is 197 Å². The topological polar surface area (TPSA) is 59.2 Å². The first-order valence-corrected chi connectivity index (χ1v) is 12.2. The fraction of sp³-hybridized carbons (Fsp3) is 0.379. The average Bonchev–Trinajstić information content (AvgIpc) is 3.09. The summed E-state index contributed by atoms with van der Waals surface area (Å²) in [5, 5.41) is 0. The Kier molecular flexibility index (Phi) is 7.12. The number of nitrogens with zero attached hydrogens (tertiary/aromatic N) is 2. The van der Waals surface area contributed by atoms with Crippen molar-refractivity contribution in [3.63, 3.8) is 0 Å². The number of nitrogens with two attached hydrogens (primary N) is 1. The highest BCUT2D eigenvalue weighted by Gasteiger charge is 2.19. The van der Waals surface area contributed by atoms with Gasteiger partial charge in [-0.15, -0.1) is 0 Å². The van der Waals surface area contributed by atoms with Crippen LogP contribution in [-0.4, -0.2) is 24.0 Å². The number of amides is 1. The molecule has 1 aromatic heterocycles. The van der Waals surface area contributed by atoms with Crippen LogP contribution in [0.5, 0.6) is 0 Å². The number of rotatable bonds is 6. The van der Waals surface area contributed by atoms with Gasteiger partial charge in [0.15, 0.2) is 0 Å². The summed E-state index contributed by atoms with van der Waals surface area (Å²) >= 11 is 0. The number of primary amides is 1. The van der Waals surface area contributed by atoms with Crippen LogP contribution in [0.4, 0.5) is 5.82 Å². The van der Waals surface area contributed by atoms with Gasteiger partial charge in [0.2, 0.25) is 5.91 Å². The molecule has 0 atom stereocenters. The van der Waals surface area contributed by atoms with Gasteiger partial charge in [0, 0.05) is 36.0 Å². The zero-order valence-corrected chi connectivity index (χ0v) is 20.1. The number of hydrogen-bond donors (Lipinski definition) is 1. The van der Waals surface area contributed by atoms with E-state index in [9.17, 15) is 4.79 Å². The first kappa shape index (κ1) is 23.0. The van der Waals surface area contributed by atoms with Gasteiger partial charge in [0.05, 0.1) is 0 Å². The van der Waals surface area contributed by atoms with Crippen molar-refractivity contribution in [2.45, 2.75) is 52.9 Å². The van der Waals surface area contributed by atoms with E-state index in [1.165, 1.54) is 31.2 Å². The molecule has 0 bridgehead atoms. The summed E-state index contributed by atoms with van der Waals surface area (Å²) in [4.78, 5) is 19.6. The van der Waals surface area contributed by atoms with Gasteiger partial charge in [0.1, 0.15) is 5.82 Å². The van der Waals surface area contributed by atoms with Gasteiger partial charge in [-0.3, -0.25) is 4.79 Å². The molecule has 4 heteroatoms. The second-order valence-corrected chi connectivity index (χ2v) is 9.65. The second-order valence-electron chi connectivity index (χ2n) is 9.65. The number of benzene rings is 2. The lowest BCUT2D eigenvalue weighted by molar-refractivity contribution is 0.100. The Morgan fingerprint density at radius 2 is 1.58 bits per heavy atom. The van der Waals surface area contributed by atoms with Crippen molar-refractivity contribution in [1.29, 1.82) is 0 Å². The highest BCUT2D eigenvalue weighted by molar-refractivity contribution is 6.04. The molecule has 0 saturated carbocycles. The summed E-state index contributed by atoms with van der Waals surface area (Å²) in [5.74, 6) is 1.20. The predicted molar refractivity (Wildman–Crippen MR) is 138 cm³/mol. The van der Waals surface area contributed by atoms with Gasteiger partial charge >= 0.3 is 0 Å². The van der Waals surface area contributed by atoms with Crippen molar-refractivity contribution < 1.29 is 4.79 Å². The van der Waals surface area contributed by atoms with Gasteiger partial charge in [-0.1, -0.05) is 57.0 Å². The molecule has 0 radical (unpaired) electrons. The van der Waals surface area contributed by atoms with Gasteiger partial charge in [0.25, 0.3) is 0 Å². The van der Waals surface area contributed by atoms with Gasteiger partial charge in [-0.25, -0.2) is 4.98 Å². The molecule has 4 nitrogen and oxygen atoms in total. The zero-order chi connectivity index (χ0) is 23.4. The molecule has 1 aliphatic rings. The molecule has 1 aliphatic heterocycles. The lowest BCUT2D eigenvalue weighted by Gasteiger charge is -2.22. The van der Waals surface area contributed by atoms with E-state index in [1.807, 2.05) is 18.3 Å². The maximum Gasteiger partial charge on any atom is 0.249 e. The van der Waals surface area contributed by atoms with Gasteiger partial charge in [-0.2, -0.15) is 0 Å². The summed E-state index contributed by atoms with van der Waals surface area (Å²) < 4.78 is 0. The minimum atomic E-state index is -0.417. The molecular weight excluding hydrogens is 406 g/mol. The van der Waals surface area contributed by atoms with Crippen molar-refractivity contribution in [2.75, 3.05) is 18.0 Å². The number of aryl methyl sites for hydroxylation is 1. The third-order valence-corrected chi connectivity index (χ3v) is 6.53. The Morgan fingerprint density at radius 3 is 2.15 bits per heavy atom. The first-order chi connectivity index (χ1) is 15.9. The van der Waals surface area contributed by atoms with E-state index >= 15 is 0 Å². The number of carbonyl (C=O) groups is 1. The van der Waals surface area contributed by atoms with Crippen molar-refractivity contribution >= 4 is 11.7 Å². The fourth-order valence-electron chi connectivity index (χ4n) is 4.88. The summed E-state index contributed by atoms with van der Waals surface area (Å²) in [7, 11) is 0. The van der Waals surface area contributed by atoms with Crippen molar-refractivity contribution in [3.8, 4) is 22.3 Å². The molecule has 0 spiro atoms. The molecular formula is C29H35N3O. The van der Waals surface area contributed by atoms with Crippen LogP contribution in [-0.2, 0) is 6.42 Å².